The Hall–Kier alpha value is -2.77. The Bertz CT molecular complexity index is 863. The van der Waals surface area contributed by atoms with Crippen LogP contribution in [0.5, 0.6) is 5.75 Å². The van der Waals surface area contributed by atoms with Gasteiger partial charge in [0.15, 0.2) is 6.61 Å². The quantitative estimate of drug-likeness (QED) is 0.710. The van der Waals surface area contributed by atoms with E-state index >= 15 is 0 Å². The van der Waals surface area contributed by atoms with Crippen molar-refractivity contribution in [2.45, 2.75) is 52.2 Å². The van der Waals surface area contributed by atoms with Crippen LogP contribution in [-0.2, 0) is 14.3 Å². The van der Waals surface area contributed by atoms with Crippen LogP contribution in [0.3, 0.4) is 0 Å². The molecule has 0 aliphatic carbocycles. The number of amides is 1. The molecule has 1 amide bonds. The number of esters is 1. The number of ether oxygens (including phenoxy) is 3. The highest BCUT2D eigenvalue weighted by atomic mass is 16.6. The summed E-state index contributed by atoms with van der Waals surface area (Å²) in [5.41, 5.74) is 0.517. The van der Waals surface area contributed by atoms with Crippen LogP contribution in [0.25, 0.3) is 10.9 Å². The van der Waals surface area contributed by atoms with Gasteiger partial charge in [0.2, 0.25) is 0 Å². The fourth-order valence-electron chi connectivity index (χ4n) is 3.38. The number of piperidine rings is 1. The third-order valence-corrected chi connectivity index (χ3v) is 4.69. The molecule has 0 atom stereocenters. The van der Waals surface area contributed by atoms with Crippen molar-refractivity contribution in [2.24, 2.45) is 0 Å². The summed E-state index contributed by atoms with van der Waals surface area (Å²) < 4.78 is 17.8. The predicted molar refractivity (Wildman–Crippen MR) is 108 cm³/mol. The zero-order valence-corrected chi connectivity index (χ0v) is 17.5. The highest BCUT2D eigenvalue weighted by Gasteiger charge is 2.28. The second kappa shape index (κ2) is 8.71. The lowest BCUT2D eigenvalue weighted by molar-refractivity contribution is -0.145. The largest absolute Gasteiger partial charge is 0.482 e. The molecule has 0 bridgehead atoms. The highest BCUT2D eigenvalue weighted by Crippen LogP contribution is 2.29. The summed E-state index contributed by atoms with van der Waals surface area (Å²) >= 11 is 0. The molecule has 2 aromatic rings. The van der Waals surface area contributed by atoms with Gasteiger partial charge in [0.05, 0.1) is 24.4 Å². The summed E-state index contributed by atoms with van der Waals surface area (Å²) in [4.78, 5) is 25.4. The Balaban J connectivity index is 1.61. The first-order valence-corrected chi connectivity index (χ1v) is 10.0. The molecule has 3 rings (SSSR count). The van der Waals surface area contributed by atoms with Gasteiger partial charge < -0.3 is 19.1 Å². The summed E-state index contributed by atoms with van der Waals surface area (Å²) in [7, 11) is 0. The molecular weight excluding hydrogens is 374 g/mol. The molecule has 8 heteroatoms. The first-order chi connectivity index (χ1) is 13.8. The van der Waals surface area contributed by atoms with Gasteiger partial charge in [-0.25, -0.2) is 9.59 Å². The smallest absolute Gasteiger partial charge is 0.410 e. The Morgan fingerprint density at radius 3 is 2.59 bits per heavy atom. The van der Waals surface area contributed by atoms with Crippen molar-refractivity contribution in [3.05, 3.63) is 24.4 Å². The van der Waals surface area contributed by atoms with Crippen molar-refractivity contribution >= 4 is 23.0 Å². The van der Waals surface area contributed by atoms with Crippen molar-refractivity contribution in [3.8, 4) is 5.75 Å². The summed E-state index contributed by atoms with van der Waals surface area (Å²) in [6, 6.07) is 5.87. The lowest BCUT2D eigenvalue weighted by atomic mass is 10.1. The van der Waals surface area contributed by atoms with E-state index in [1.165, 1.54) is 0 Å². The average Bonchev–Trinajstić information content (AvgIpc) is 3.08. The molecule has 1 aromatic carbocycles. The van der Waals surface area contributed by atoms with Gasteiger partial charge in [-0.3, -0.25) is 4.68 Å². The van der Waals surface area contributed by atoms with Crippen molar-refractivity contribution < 1.29 is 23.8 Å². The molecule has 0 radical (unpaired) electrons. The van der Waals surface area contributed by atoms with E-state index in [1.807, 2.05) is 43.7 Å². The maximum atomic E-state index is 12.2. The first kappa shape index (κ1) is 21.0. The van der Waals surface area contributed by atoms with Crippen LogP contribution in [0.2, 0.25) is 0 Å². The van der Waals surface area contributed by atoms with E-state index in [-0.39, 0.29) is 24.7 Å². The van der Waals surface area contributed by atoms with E-state index in [0.717, 1.165) is 23.7 Å². The third-order valence-electron chi connectivity index (χ3n) is 4.69. The van der Waals surface area contributed by atoms with E-state index in [1.54, 1.807) is 18.0 Å². The molecule has 0 N–H and O–H groups in total. The van der Waals surface area contributed by atoms with Gasteiger partial charge in [-0.2, -0.15) is 5.10 Å². The summed E-state index contributed by atoms with van der Waals surface area (Å²) in [5, 5.41) is 5.49. The van der Waals surface area contributed by atoms with E-state index in [4.69, 9.17) is 14.2 Å². The van der Waals surface area contributed by atoms with E-state index in [2.05, 4.69) is 5.10 Å². The van der Waals surface area contributed by atoms with Gasteiger partial charge in [0.1, 0.15) is 11.4 Å². The topological polar surface area (TPSA) is 82.9 Å². The molecule has 2 heterocycles. The number of fused-ring (bicyclic) bond motifs is 1. The minimum atomic E-state index is -0.487. The number of carbonyl (C=O) groups excluding carboxylic acids is 2. The van der Waals surface area contributed by atoms with Gasteiger partial charge in [0.25, 0.3) is 0 Å². The molecular formula is C21H29N3O5. The molecule has 1 fully saturated rings. The first-order valence-electron chi connectivity index (χ1n) is 10.0. The molecule has 0 spiro atoms. The number of benzene rings is 1. The van der Waals surface area contributed by atoms with Crippen LogP contribution in [0.1, 0.15) is 46.6 Å². The van der Waals surface area contributed by atoms with Gasteiger partial charge in [-0.05, 0) is 58.7 Å². The molecule has 8 nitrogen and oxygen atoms in total. The Labute approximate surface area is 170 Å². The van der Waals surface area contributed by atoms with Gasteiger partial charge in [-0.1, -0.05) is 0 Å². The average molecular weight is 403 g/mol. The normalized spacial score (nSPS) is 15.4. The molecule has 29 heavy (non-hydrogen) atoms. The summed E-state index contributed by atoms with van der Waals surface area (Å²) in [5.74, 6) is 0.213. The maximum absolute atomic E-state index is 12.2. The molecule has 1 aromatic heterocycles. The van der Waals surface area contributed by atoms with Crippen molar-refractivity contribution in [1.29, 1.82) is 0 Å². The monoisotopic (exact) mass is 403 g/mol. The number of carbonyl (C=O) groups is 2. The summed E-state index contributed by atoms with van der Waals surface area (Å²) in [6.07, 6.45) is 3.17. The predicted octanol–water partition coefficient (Wildman–Crippen LogP) is 3.55. The fraction of sp³-hybridized carbons (Fsp3) is 0.571. The van der Waals surface area contributed by atoms with Crippen LogP contribution >= 0.6 is 0 Å². The zero-order chi connectivity index (χ0) is 21.0. The number of hydrogen-bond acceptors (Lipinski definition) is 6. The Morgan fingerprint density at radius 2 is 1.93 bits per heavy atom. The molecule has 0 unspecified atom stereocenters. The van der Waals surface area contributed by atoms with Crippen LogP contribution in [0.4, 0.5) is 4.79 Å². The Morgan fingerprint density at radius 1 is 1.21 bits per heavy atom. The standard InChI is InChI=1S/C21H29N3O5/c1-5-27-19(25)14-28-17-6-7-18-15(12-17)13-22-24(18)16-8-10-23(11-9-16)20(26)29-21(2,3)4/h6-7,12-13,16H,5,8-11,14H2,1-4H3. The fourth-order valence-corrected chi connectivity index (χ4v) is 3.38. The van der Waals surface area contributed by atoms with Crippen LogP contribution in [0.15, 0.2) is 24.4 Å². The van der Waals surface area contributed by atoms with Gasteiger partial charge in [-0.15, -0.1) is 0 Å². The van der Waals surface area contributed by atoms with Crippen molar-refractivity contribution in [2.75, 3.05) is 26.3 Å². The van der Waals surface area contributed by atoms with E-state index in [0.29, 0.717) is 25.4 Å². The second-order valence-corrected chi connectivity index (χ2v) is 8.10. The third kappa shape index (κ3) is 5.40. The number of aromatic nitrogens is 2. The molecule has 158 valence electrons. The lowest BCUT2D eigenvalue weighted by Crippen LogP contribution is -2.42. The molecule has 1 aliphatic rings. The van der Waals surface area contributed by atoms with Crippen LogP contribution in [-0.4, -0.2) is 58.6 Å². The minimum absolute atomic E-state index is 0.114. The molecule has 1 aliphatic heterocycles. The minimum Gasteiger partial charge on any atom is -0.482 e. The van der Waals surface area contributed by atoms with Crippen LogP contribution in [0, 0.1) is 0 Å². The molecule has 0 saturated carbocycles. The zero-order valence-electron chi connectivity index (χ0n) is 17.5. The number of rotatable bonds is 5. The van der Waals surface area contributed by atoms with Crippen molar-refractivity contribution in [1.82, 2.24) is 14.7 Å². The number of nitrogens with zero attached hydrogens (tertiary/aromatic N) is 3. The van der Waals surface area contributed by atoms with Gasteiger partial charge in [0, 0.05) is 18.5 Å². The second-order valence-electron chi connectivity index (χ2n) is 8.10. The van der Waals surface area contributed by atoms with Crippen molar-refractivity contribution in [3.63, 3.8) is 0 Å². The van der Waals surface area contributed by atoms with Gasteiger partial charge >= 0.3 is 12.1 Å². The highest BCUT2D eigenvalue weighted by molar-refractivity contribution is 5.80. The summed E-state index contributed by atoms with van der Waals surface area (Å²) in [6.45, 7) is 8.88. The van der Waals surface area contributed by atoms with Crippen LogP contribution < -0.4 is 4.74 Å². The lowest BCUT2D eigenvalue weighted by Gasteiger charge is -2.33. The van der Waals surface area contributed by atoms with E-state index in [9.17, 15) is 9.59 Å². The Kier molecular flexibility index (Phi) is 6.30. The SMILES string of the molecule is CCOC(=O)COc1ccc2c(cnn2C2CCN(C(=O)OC(C)(C)C)CC2)c1. The van der Waals surface area contributed by atoms with E-state index < -0.39 is 5.60 Å². The molecule has 1 saturated heterocycles. The number of hydrogen-bond donors (Lipinski definition) is 0. The maximum Gasteiger partial charge on any atom is 0.410 e. The number of likely N-dealkylation sites (tertiary alicyclic amines) is 1.